The highest BCUT2D eigenvalue weighted by atomic mass is 32.2. The largest absolute Gasteiger partial charge is 0.383 e. The summed E-state index contributed by atoms with van der Waals surface area (Å²) >= 11 is 0. The third-order valence-corrected chi connectivity index (χ3v) is 4.91. The fourth-order valence-electron chi connectivity index (χ4n) is 1.95. The van der Waals surface area contributed by atoms with Crippen molar-refractivity contribution in [2.24, 2.45) is 4.99 Å². The second kappa shape index (κ2) is 8.28. The predicted octanol–water partition coefficient (Wildman–Crippen LogP) is 0.439. The number of hydrogen-bond donors (Lipinski definition) is 3. The zero-order chi connectivity index (χ0) is 16.7. The zero-order valence-electron chi connectivity index (χ0n) is 13.5. The van der Waals surface area contributed by atoms with Gasteiger partial charge in [0.05, 0.1) is 11.5 Å². The number of aliphatic imine (C=N–C) groups is 1. The molecule has 7 nitrogen and oxygen atoms in total. The van der Waals surface area contributed by atoms with Crippen LogP contribution in [0.3, 0.4) is 0 Å². The molecule has 1 aliphatic carbocycles. The Labute approximate surface area is 137 Å². The van der Waals surface area contributed by atoms with Crippen LogP contribution in [0, 0.1) is 0 Å². The molecule has 0 spiro atoms. The van der Waals surface area contributed by atoms with E-state index in [0.29, 0.717) is 19.2 Å². The minimum Gasteiger partial charge on any atom is -0.383 e. The van der Waals surface area contributed by atoms with E-state index in [2.05, 4.69) is 20.3 Å². The maximum atomic E-state index is 12.0. The summed E-state index contributed by atoms with van der Waals surface area (Å²) in [7, 11) is -0.214. The van der Waals surface area contributed by atoms with E-state index < -0.39 is 10.0 Å². The normalized spacial score (nSPS) is 15.5. The number of methoxy groups -OCH3 is 1. The Morgan fingerprint density at radius 1 is 1.30 bits per heavy atom. The summed E-state index contributed by atoms with van der Waals surface area (Å²) < 4.78 is 31.4. The van der Waals surface area contributed by atoms with Crippen LogP contribution in [0.5, 0.6) is 0 Å². The number of benzene rings is 1. The number of guanidine groups is 1. The van der Waals surface area contributed by atoms with Crippen molar-refractivity contribution in [3.05, 3.63) is 29.8 Å². The van der Waals surface area contributed by atoms with E-state index in [4.69, 9.17) is 4.74 Å². The van der Waals surface area contributed by atoms with Gasteiger partial charge in [0.2, 0.25) is 10.0 Å². The summed E-state index contributed by atoms with van der Waals surface area (Å²) in [5, 5.41) is 6.51. The van der Waals surface area contributed by atoms with Gasteiger partial charge in [-0.15, -0.1) is 0 Å². The van der Waals surface area contributed by atoms with Gasteiger partial charge in [-0.1, -0.05) is 12.1 Å². The molecule has 0 radical (unpaired) electrons. The first-order chi connectivity index (χ1) is 11.0. The molecular formula is C15H24N4O3S. The van der Waals surface area contributed by atoms with Crippen molar-refractivity contribution in [2.45, 2.75) is 30.3 Å². The van der Waals surface area contributed by atoms with Crippen molar-refractivity contribution in [3.8, 4) is 0 Å². The summed E-state index contributed by atoms with van der Waals surface area (Å²) in [6, 6.07) is 7.32. The van der Waals surface area contributed by atoms with E-state index in [0.717, 1.165) is 11.5 Å². The summed E-state index contributed by atoms with van der Waals surface area (Å²) in [6.45, 7) is 1.18. The maximum Gasteiger partial charge on any atom is 0.240 e. The van der Waals surface area contributed by atoms with E-state index in [-0.39, 0.29) is 11.4 Å². The van der Waals surface area contributed by atoms with Crippen LogP contribution in [0.1, 0.15) is 18.4 Å². The van der Waals surface area contributed by atoms with Gasteiger partial charge in [-0.2, -0.15) is 0 Å². The Morgan fingerprint density at radius 2 is 2.00 bits per heavy atom. The van der Waals surface area contributed by atoms with Crippen molar-refractivity contribution < 1.29 is 13.2 Å². The molecule has 1 aromatic rings. The lowest BCUT2D eigenvalue weighted by atomic mass is 10.2. The zero-order valence-corrected chi connectivity index (χ0v) is 14.3. The van der Waals surface area contributed by atoms with Crippen LogP contribution < -0.4 is 15.4 Å². The van der Waals surface area contributed by atoms with Crippen molar-refractivity contribution in [2.75, 3.05) is 27.3 Å². The Kier molecular flexibility index (Phi) is 6.37. The molecule has 0 amide bonds. The molecule has 0 saturated heterocycles. The van der Waals surface area contributed by atoms with Crippen LogP contribution in [0.15, 0.2) is 34.2 Å². The predicted molar refractivity (Wildman–Crippen MR) is 89.9 cm³/mol. The first-order valence-electron chi connectivity index (χ1n) is 7.60. The summed E-state index contributed by atoms with van der Waals surface area (Å²) in [5.41, 5.74) is 0.986. The minimum atomic E-state index is -3.48. The molecular weight excluding hydrogens is 316 g/mol. The number of rotatable bonds is 8. The highest BCUT2D eigenvalue weighted by molar-refractivity contribution is 7.89. The third-order valence-electron chi connectivity index (χ3n) is 3.43. The lowest BCUT2D eigenvalue weighted by Crippen LogP contribution is -2.38. The van der Waals surface area contributed by atoms with Crippen LogP contribution in [-0.4, -0.2) is 47.7 Å². The molecule has 0 heterocycles. The minimum absolute atomic E-state index is 0.248. The van der Waals surface area contributed by atoms with E-state index in [1.165, 1.54) is 20.0 Å². The number of nitrogens with zero attached hydrogens (tertiary/aromatic N) is 1. The van der Waals surface area contributed by atoms with Gasteiger partial charge in [0.1, 0.15) is 0 Å². The molecule has 0 aliphatic heterocycles. The average Bonchev–Trinajstić information content (AvgIpc) is 3.36. The standard InChI is InChI=1S/C15H24N4O3S/c1-16-15(19-13-5-6-13)17-11-12-3-7-14(8-4-12)23(20,21)18-9-10-22-2/h3-4,7-8,13,18H,5-6,9-11H2,1-2H3,(H2,16,17,19). The van der Waals surface area contributed by atoms with Gasteiger partial charge in [0, 0.05) is 33.3 Å². The third kappa shape index (κ3) is 5.81. The van der Waals surface area contributed by atoms with Gasteiger partial charge < -0.3 is 15.4 Å². The van der Waals surface area contributed by atoms with E-state index in [9.17, 15) is 8.42 Å². The van der Waals surface area contributed by atoms with E-state index in [1.54, 1.807) is 31.3 Å². The van der Waals surface area contributed by atoms with Crippen LogP contribution in [0.2, 0.25) is 0 Å². The average molecular weight is 340 g/mol. The molecule has 1 aromatic carbocycles. The van der Waals surface area contributed by atoms with E-state index in [1.807, 2.05) is 0 Å². The van der Waals surface area contributed by atoms with E-state index >= 15 is 0 Å². The fraction of sp³-hybridized carbons (Fsp3) is 0.533. The highest BCUT2D eigenvalue weighted by Gasteiger charge is 2.22. The first kappa shape index (κ1) is 17.7. The van der Waals surface area contributed by atoms with Crippen molar-refractivity contribution in [1.82, 2.24) is 15.4 Å². The smallest absolute Gasteiger partial charge is 0.240 e. The topological polar surface area (TPSA) is 91.8 Å². The number of hydrogen-bond acceptors (Lipinski definition) is 4. The van der Waals surface area contributed by atoms with Gasteiger partial charge >= 0.3 is 0 Å². The van der Waals surface area contributed by atoms with Crippen molar-refractivity contribution in [3.63, 3.8) is 0 Å². The molecule has 2 rings (SSSR count). The monoisotopic (exact) mass is 340 g/mol. The Morgan fingerprint density at radius 3 is 2.57 bits per heavy atom. The highest BCUT2D eigenvalue weighted by Crippen LogP contribution is 2.18. The molecule has 8 heteroatoms. The first-order valence-corrected chi connectivity index (χ1v) is 9.08. The molecule has 1 saturated carbocycles. The van der Waals surface area contributed by atoms with Gasteiger partial charge in [-0.25, -0.2) is 13.1 Å². The van der Waals surface area contributed by atoms with Crippen LogP contribution in [0.25, 0.3) is 0 Å². The number of sulfonamides is 1. The van der Waals surface area contributed by atoms with Gasteiger partial charge in [0.25, 0.3) is 0 Å². The van der Waals surface area contributed by atoms with Crippen molar-refractivity contribution >= 4 is 16.0 Å². The fourth-order valence-corrected chi connectivity index (χ4v) is 2.96. The van der Waals surface area contributed by atoms with Gasteiger partial charge in [0.15, 0.2) is 5.96 Å². The Hall–Kier alpha value is -1.64. The molecule has 0 unspecified atom stereocenters. The van der Waals surface area contributed by atoms with Crippen LogP contribution >= 0.6 is 0 Å². The van der Waals surface area contributed by atoms with Gasteiger partial charge in [-0.3, -0.25) is 4.99 Å². The second-order valence-corrected chi connectivity index (χ2v) is 7.15. The maximum absolute atomic E-state index is 12.0. The van der Waals surface area contributed by atoms with Crippen LogP contribution in [0.4, 0.5) is 0 Å². The molecule has 0 aromatic heterocycles. The Balaban J connectivity index is 1.88. The molecule has 128 valence electrons. The molecule has 3 N–H and O–H groups in total. The summed E-state index contributed by atoms with van der Waals surface area (Å²) in [5.74, 6) is 0.769. The molecule has 1 fully saturated rings. The quantitative estimate of drug-likeness (QED) is 0.363. The molecule has 0 bridgehead atoms. The van der Waals surface area contributed by atoms with Gasteiger partial charge in [-0.05, 0) is 30.5 Å². The van der Waals surface area contributed by atoms with Crippen LogP contribution in [-0.2, 0) is 21.3 Å². The molecule has 1 aliphatic rings. The lowest BCUT2D eigenvalue weighted by Gasteiger charge is -2.11. The molecule has 0 atom stereocenters. The lowest BCUT2D eigenvalue weighted by molar-refractivity contribution is 0.204. The number of ether oxygens (including phenoxy) is 1. The summed E-state index contributed by atoms with van der Waals surface area (Å²) in [4.78, 5) is 4.41. The van der Waals surface area contributed by atoms with Crippen molar-refractivity contribution in [1.29, 1.82) is 0 Å². The summed E-state index contributed by atoms with van der Waals surface area (Å²) in [6.07, 6.45) is 2.37. The SMILES string of the molecule is CN=C(NCc1ccc(S(=O)(=O)NCCOC)cc1)NC1CC1. The molecule has 23 heavy (non-hydrogen) atoms. The number of nitrogens with one attached hydrogen (secondary N) is 3. The Bertz CT molecular complexity index is 625. The second-order valence-electron chi connectivity index (χ2n) is 5.38.